The zero-order valence-corrected chi connectivity index (χ0v) is 16.2. The van der Waals surface area contributed by atoms with E-state index >= 15 is 0 Å². The molecule has 0 spiro atoms. The Labute approximate surface area is 110 Å². The van der Waals surface area contributed by atoms with Crippen molar-refractivity contribution in [1.82, 2.24) is 0 Å². The zero-order valence-electron chi connectivity index (χ0n) is 9.27. The van der Waals surface area contributed by atoms with E-state index in [1.165, 1.54) is 14.5 Å². The van der Waals surface area contributed by atoms with E-state index in [2.05, 4.69) is 0 Å². The molecule has 4 aliphatic rings. The molecule has 0 amide bonds. The van der Waals surface area contributed by atoms with E-state index in [4.69, 9.17) is 0.889 Å². The predicted octanol–water partition coefficient (Wildman–Crippen LogP) is 3.64. The first-order chi connectivity index (χ1) is 7.42. The van der Waals surface area contributed by atoms with Gasteiger partial charge in [0.1, 0.15) is 0 Å². The molecule has 15 heavy (non-hydrogen) atoms. The van der Waals surface area contributed by atoms with E-state index in [0.717, 1.165) is 0 Å². The van der Waals surface area contributed by atoms with Crippen LogP contribution in [0.15, 0.2) is 0 Å². The fourth-order valence-corrected chi connectivity index (χ4v) is 45.7. The first kappa shape index (κ1) is 10.6. The van der Waals surface area contributed by atoms with Crippen LogP contribution in [0.5, 0.6) is 0 Å². The quantitative estimate of drug-likeness (QED) is 0.425. The molecule has 0 bridgehead atoms. The van der Waals surface area contributed by atoms with Crippen LogP contribution >= 0.6 is 0 Å². The average molecular weight is 598 g/mol. The summed E-state index contributed by atoms with van der Waals surface area (Å²) >= 11 is -2.66. The Hall–Kier alpha value is 1.73. The van der Waals surface area contributed by atoms with Crippen LogP contribution in [0.3, 0.4) is 0 Å². The molecule has 0 N–H and O–H groups in total. The minimum atomic E-state index is -1.33. The van der Waals surface area contributed by atoms with Gasteiger partial charge in [-0.3, -0.25) is 0 Å². The van der Waals surface area contributed by atoms with E-state index < -0.39 is 44.4 Å². The van der Waals surface area contributed by atoms with Gasteiger partial charge in [0.2, 0.25) is 0 Å². The molecular formula is C12H20Bi2O. The Morgan fingerprint density at radius 2 is 0.800 bits per heavy atom. The van der Waals surface area contributed by atoms with Gasteiger partial charge in [0, 0.05) is 0 Å². The molecule has 0 heterocycles. The van der Waals surface area contributed by atoms with Gasteiger partial charge in [-0.05, 0) is 0 Å². The summed E-state index contributed by atoms with van der Waals surface area (Å²) in [5, 5.41) is 0. The first-order valence-corrected chi connectivity index (χ1v) is 17.5. The summed E-state index contributed by atoms with van der Waals surface area (Å²) in [6.07, 6.45) is 12.7. The van der Waals surface area contributed by atoms with E-state index in [-0.39, 0.29) is 0 Å². The summed E-state index contributed by atoms with van der Waals surface area (Å²) in [7, 11) is 0. The second kappa shape index (κ2) is 4.13. The average Bonchev–Trinajstić information content (AvgIpc) is 3.02. The van der Waals surface area contributed by atoms with Crippen molar-refractivity contribution in [3.63, 3.8) is 0 Å². The third kappa shape index (κ3) is 2.60. The van der Waals surface area contributed by atoms with Crippen molar-refractivity contribution in [2.45, 2.75) is 65.9 Å². The van der Waals surface area contributed by atoms with Crippen LogP contribution in [0.4, 0.5) is 0 Å². The van der Waals surface area contributed by atoms with Crippen molar-refractivity contribution in [2.24, 2.45) is 0 Å². The Morgan fingerprint density at radius 3 is 1.00 bits per heavy atom. The van der Waals surface area contributed by atoms with Crippen LogP contribution in [-0.4, -0.2) is 44.4 Å². The molecule has 4 saturated carbocycles. The molecule has 1 nitrogen and oxygen atoms in total. The van der Waals surface area contributed by atoms with Crippen molar-refractivity contribution >= 4 is 44.4 Å². The van der Waals surface area contributed by atoms with Gasteiger partial charge in [-0.1, -0.05) is 0 Å². The Bertz CT molecular complexity index is 204. The molecule has 4 fully saturated rings. The molecule has 84 valence electrons. The number of hydrogen-bond acceptors (Lipinski definition) is 1. The monoisotopic (exact) mass is 598 g/mol. The second-order valence-corrected chi connectivity index (χ2v) is 28.9. The van der Waals surface area contributed by atoms with Crippen LogP contribution in [0, 0.1) is 0 Å². The molecule has 3 heteroatoms. The van der Waals surface area contributed by atoms with Crippen molar-refractivity contribution in [3.8, 4) is 0 Å². The molecule has 0 aromatic heterocycles. The summed E-state index contributed by atoms with van der Waals surface area (Å²) < 4.78 is 11.9. The van der Waals surface area contributed by atoms with E-state index in [1.54, 1.807) is 51.4 Å². The van der Waals surface area contributed by atoms with Gasteiger partial charge in [0.05, 0.1) is 0 Å². The summed E-state index contributed by atoms with van der Waals surface area (Å²) in [4.78, 5) is 0. The molecule has 0 aromatic rings. The van der Waals surface area contributed by atoms with Crippen LogP contribution in [0.1, 0.15) is 51.4 Å². The van der Waals surface area contributed by atoms with Crippen molar-refractivity contribution in [1.29, 1.82) is 0 Å². The third-order valence-corrected chi connectivity index (χ3v) is 37.4. The zero-order chi connectivity index (χ0) is 9.83. The molecular weight excluding hydrogens is 578 g/mol. The Balaban J connectivity index is 1.41. The number of rotatable bonds is 6. The third-order valence-electron chi connectivity index (χ3n) is 3.82. The minimum absolute atomic E-state index is 1.22. The Morgan fingerprint density at radius 1 is 0.533 bits per heavy atom. The SMILES string of the molecule is C1C[CH]1[Bi]([O][Bi]([CH]1CC1)[CH]1CC1)[CH]1CC1. The maximum atomic E-state index is 6.95. The summed E-state index contributed by atoms with van der Waals surface area (Å²) in [6.45, 7) is 0. The molecule has 4 rings (SSSR count). The first-order valence-electron chi connectivity index (χ1n) is 6.66. The molecule has 0 aliphatic heterocycles. The van der Waals surface area contributed by atoms with Crippen molar-refractivity contribution < 1.29 is 0.889 Å². The van der Waals surface area contributed by atoms with Gasteiger partial charge in [0.15, 0.2) is 0 Å². The molecule has 0 saturated heterocycles. The van der Waals surface area contributed by atoms with E-state index in [0.29, 0.717) is 0 Å². The molecule has 0 radical (unpaired) electrons. The van der Waals surface area contributed by atoms with Gasteiger partial charge in [-0.15, -0.1) is 0 Å². The fourth-order valence-electron chi connectivity index (χ4n) is 2.29. The summed E-state index contributed by atoms with van der Waals surface area (Å²) in [5.74, 6) is 0. The molecule has 0 unspecified atom stereocenters. The van der Waals surface area contributed by atoms with Crippen LogP contribution in [-0.2, 0) is 0.889 Å². The van der Waals surface area contributed by atoms with Gasteiger partial charge < -0.3 is 0 Å². The molecule has 4 aliphatic carbocycles. The molecule has 0 atom stereocenters. The second-order valence-electron chi connectivity index (χ2n) is 5.73. The van der Waals surface area contributed by atoms with Crippen LogP contribution in [0.25, 0.3) is 0 Å². The van der Waals surface area contributed by atoms with Gasteiger partial charge >= 0.3 is 111 Å². The van der Waals surface area contributed by atoms with Gasteiger partial charge in [-0.25, -0.2) is 0 Å². The molecule has 0 aromatic carbocycles. The predicted molar refractivity (Wildman–Crippen MR) is 64.5 cm³/mol. The number of hydrogen-bond donors (Lipinski definition) is 0. The van der Waals surface area contributed by atoms with E-state index in [9.17, 15) is 0 Å². The standard InChI is InChI=1S/4C3H5.2Bi.O/c4*1-2-3-1;;;/h4*1H,2-3H2;;;. The van der Waals surface area contributed by atoms with E-state index in [1.807, 2.05) is 0 Å². The van der Waals surface area contributed by atoms with Crippen LogP contribution < -0.4 is 0 Å². The van der Waals surface area contributed by atoms with Crippen molar-refractivity contribution in [3.05, 3.63) is 0 Å². The maximum absolute atomic E-state index is 6.95. The van der Waals surface area contributed by atoms with Crippen molar-refractivity contribution in [2.75, 3.05) is 0 Å². The Kier molecular flexibility index (Phi) is 2.93. The fraction of sp³-hybridized carbons (Fsp3) is 1.00. The summed E-state index contributed by atoms with van der Waals surface area (Å²) in [6, 6.07) is 0. The normalized spacial score (nSPS) is 31.6. The van der Waals surface area contributed by atoms with Gasteiger partial charge in [-0.2, -0.15) is 0 Å². The van der Waals surface area contributed by atoms with Crippen LogP contribution in [0.2, 0.25) is 14.5 Å². The summed E-state index contributed by atoms with van der Waals surface area (Å²) in [5.41, 5.74) is 0. The van der Waals surface area contributed by atoms with Gasteiger partial charge in [0.25, 0.3) is 0 Å². The topological polar surface area (TPSA) is 9.23 Å².